The standard InChI is InChI=1S/C16H28N4O2/c1-4-15(12-21)19-7-9-20(10-8-19)16(22)6-5-14-11-18(3)17-13(14)2/h11,15,21H,4-10,12H2,1-3H3. The van der Waals surface area contributed by atoms with Crippen molar-refractivity contribution in [1.29, 1.82) is 0 Å². The van der Waals surface area contributed by atoms with Gasteiger partial charge in [-0.05, 0) is 25.3 Å². The summed E-state index contributed by atoms with van der Waals surface area (Å²) in [6.07, 6.45) is 4.25. The van der Waals surface area contributed by atoms with Crippen LogP contribution in [0.25, 0.3) is 0 Å². The number of aryl methyl sites for hydroxylation is 3. The van der Waals surface area contributed by atoms with Crippen molar-refractivity contribution in [3.05, 3.63) is 17.5 Å². The highest BCUT2D eigenvalue weighted by Crippen LogP contribution is 2.12. The summed E-state index contributed by atoms with van der Waals surface area (Å²) in [5.74, 6) is 0.222. The van der Waals surface area contributed by atoms with E-state index in [9.17, 15) is 9.90 Å². The average molecular weight is 308 g/mol. The van der Waals surface area contributed by atoms with E-state index in [1.165, 1.54) is 0 Å². The Balaban J connectivity index is 1.79. The molecule has 1 aromatic heterocycles. The fraction of sp³-hybridized carbons (Fsp3) is 0.750. The highest BCUT2D eigenvalue weighted by atomic mass is 16.3. The number of carbonyl (C=O) groups excluding carboxylic acids is 1. The van der Waals surface area contributed by atoms with Crippen LogP contribution >= 0.6 is 0 Å². The topological polar surface area (TPSA) is 61.6 Å². The van der Waals surface area contributed by atoms with Gasteiger partial charge in [0.15, 0.2) is 0 Å². The van der Waals surface area contributed by atoms with Crippen molar-refractivity contribution in [3.8, 4) is 0 Å². The van der Waals surface area contributed by atoms with Gasteiger partial charge in [-0.2, -0.15) is 5.10 Å². The third-order valence-corrected chi connectivity index (χ3v) is 4.59. The quantitative estimate of drug-likeness (QED) is 0.835. The maximum atomic E-state index is 12.3. The molecule has 0 saturated carbocycles. The molecule has 2 rings (SSSR count). The molecule has 0 radical (unpaired) electrons. The Morgan fingerprint density at radius 2 is 2.05 bits per heavy atom. The first-order valence-electron chi connectivity index (χ1n) is 8.17. The molecule has 6 heteroatoms. The van der Waals surface area contributed by atoms with Crippen LogP contribution in [0.1, 0.15) is 31.0 Å². The van der Waals surface area contributed by atoms with Gasteiger partial charge in [0.1, 0.15) is 0 Å². The predicted octanol–water partition coefficient (Wildman–Crippen LogP) is 0.576. The average Bonchev–Trinajstić information content (AvgIpc) is 2.84. The summed E-state index contributed by atoms with van der Waals surface area (Å²) in [5, 5.41) is 13.7. The Bertz CT molecular complexity index is 488. The van der Waals surface area contributed by atoms with Crippen molar-refractivity contribution in [2.45, 2.75) is 39.2 Å². The van der Waals surface area contributed by atoms with Crippen LogP contribution in [-0.2, 0) is 18.3 Å². The van der Waals surface area contributed by atoms with E-state index in [2.05, 4.69) is 16.9 Å². The number of carbonyl (C=O) groups is 1. The lowest BCUT2D eigenvalue weighted by Crippen LogP contribution is -2.52. The molecule has 1 saturated heterocycles. The van der Waals surface area contributed by atoms with E-state index >= 15 is 0 Å². The van der Waals surface area contributed by atoms with Crippen LogP contribution in [0.4, 0.5) is 0 Å². The van der Waals surface area contributed by atoms with Crippen molar-refractivity contribution >= 4 is 5.91 Å². The third-order valence-electron chi connectivity index (χ3n) is 4.59. The van der Waals surface area contributed by atoms with Crippen LogP contribution in [0.15, 0.2) is 6.20 Å². The summed E-state index contributed by atoms with van der Waals surface area (Å²) in [6.45, 7) is 7.52. The summed E-state index contributed by atoms with van der Waals surface area (Å²) in [7, 11) is 1.91. The number of amides is 1. The molecule has 1 fully saturated rings. The Morgan fingerprint density at radius 1 is 1.36 bits per heavy atom. The SMILES string of the molecule is CCC(CO)N1CCN(C(=O)CCc2cn(C)nc2C)CC1. The highest BCUT2D eigenvalue weighted by Gasteiger charge is 2.24. The van der Waals surface area contributed by atoms with Crippen LogP contribution in [0.5, 0.6) is 0 Å². The first-order valence-corrected chi connectivity index (χ1v) is 8.17. The minimum Gasteiger partial charge on any atom is -0.395 e. The Morgan fingerprint density at radius 3 is 2.55 bits per heavy atom. The van der Waals surface area contributed by atoms with Crippen molar-refractivity contribution < 1.29 is 9.90 Å². The molecule has 2 heterocycles. The van der Waals surface area contributed by atoms with Crippen LogP contribution in [0.3, 0.4) is 0 Å². The predicted molar refractivity (Wildman–Crippen MR) is 85.6 cm³/mol. The maximum Gasteiger partial charge on any atom is 0.222 e. The van der Waals surface area contributed by atoms with Crippen molar-refractivity contribution in [2.24, 2.45) is 7.05 Å². The van der Waals surface area contributed by atoms with Gasteiger partial charge >= 0.3 is 0 Å². The zero-order chi connectivity index (χ0) is 16.1. The summed E-state index contributed by atoms with van der Waals surface area (Å²) >= 11 is 0. The molecule has 1 aliphatic rings. The summed E-state index contributed by atoms with van der Waals surface area (Å²) in [6, 6.07) is 0.232. The molecule has 0 aromatic carbocycles. The van der Waals surface area contributed by atoms with E-state index < -0.39 is 0 Å². The van der Waals surface area contributed by atoms with Crippen molar-refractivity contribution in [2.75, 3.05) is 32.8 Å². The lowest BCUT2D eigenvalue weighted by atomic mass is 10.1. The molecule has 1 N–H and O–H groups in total. The molecule has 1 aliphatic heterocycles. The van der Waals surface area contributed by atoms with Gasteiger partial charge in [0.05, 0.1) is 12.3 Å². The van der Waals surface area contributed by atoms with Crippen LogP contribution in [0.2, 0.25) is 0 Å². The minimum atomic E-state index is 0.199. The van der Waals surface area contributed by atoms with Crippen LogP contribution < -0.4 is 0 Å². The Kier molecular flexibility index (Phi) is 5.97. The van der Waals surface area contributed by atoms with E-state index in [1.807, 2.05) is 25.1 Å². The number of hydrogen-bond acceptors (Lipinski definition) is 4. The molecular weight excluding hydrogens is 280 g/mol. The van der Waals surface area contributed by atoms with Gasteiger partial charge in [0.25, 0.3) is 0 Å². The molecule has 0 bridgehead atoms. The molecule has 6 nitrogen and oxygen atoms in total. The lowest BCUT2D eigenvalue weighted by molar-refractivity contribution is -0.133. The molecule has 22 heavy (non-hydrogen) atoms. The number of hydrogen-bond donors (Lipinski definition) is 1. The largest absolute Gasteiger partial charge is 0.395 e. The van der Waals surface area contributed by atoms with E-state index in [0.29, 0.717) is 6.42 Å². The van der Waals surface area contributed by atoms with Crippen molar-refractivity contribution in [1.82, 2.24) is 19.6 Å². The summed E-state index contributed by atoms with van der Waals surface area (Å²) in [4.78, 5) is 16.6. The minimum absolute atomic E-state index is 0.199. The number of nitrogens with zero attached hydrogens (tertiary/aromatic N) is 4. The first kappa shape index (κ1) is 17.0. The monoisotopic (exact) mass is 308 g/mol. The van der Waals surface area contributed by atoms with E-state index in [0.717, 1.165) is 50.3 Å². The molecular formula is C16H28N4O2. The maximum absolute atomic E-state index is 12.3. The third kappa shape index (κ3) is 4.08. The van der Waals surface area contributed by atoms with Crippen LogP contribution in [-0.4, -0.2) is 69.4 Å². The molecule has 0 spiro atoms. The summed E-state index contributed by atoms with van der Waals surface area (Å²) in [5.41, 5.74) is 2.16. The lowest BCUT2D eigenvalue weighted by Gasteiger charge is -2.38. The number of piperazine rings is 1. The molecule has 1 aromatic rings. The van der Waals surface area contributed by atoms with Crippen LogP contribution in [0, 0.1) is 6.92 Å². The van der Waals surface area contributed by atoms with E-state index in [1.54, 1.807) is 4.68 Å². The summed E-state index contributed by atoms with van der Waals surface area (Å²) < 4.78 is 1.80. The van der Waals surface area contributed by atoms with Gasteiger partial charge in [-0.25, -0.2) is 0 Å². The zero-order valence-corrected chi connectivity index (χ0v) is 14.0. The molecule has 1 atom stereocenters. The fourth-order valence-electron chi connectivity index (χ4n) is 3.13. The van der Waals surface area contributed by atoms with Gasteiger partial charge in [-0.15, -0.1) is 0 Å². The highest BCUT2D eigenvalue weighted by molar-refractivity contribution is 5.76. The molecule has 0 aliphatic carbocycles. The number of aliphatic hydroxyl groups is 1. The van der Waals surface area contributed by atoms with Gasteiger partial charge < -0.3 is 10.0 Å². The van der Waals surface area contributed by atoms with E-state index in [4.69, 9.17) is 0 Å². The smallest absolute Gasteiger partial charge is 0.222 e. The number of aromatic nitrogens is 2. The Hall–Kier alpha value is -1.40. The molecule has 124 valence electrons. The molecule has 1 amide bonds. The number of rotatable bonds is 6. The second-order valence-electron chi connectivity index (χ2n) is 6.07. The van der Waals surface area contributed by atoms with Gasteiger partial charge in [0, 0.05) is 51.9 Å². The Labute approximate surface area is 132 Å². The first-order chi connectivity index (χ1) is 10.5. The fourth-order valence-corrected chi connectivity index (χ4v) is 3.13. The van der Waals surface area contributed by atoms with Gasteiger partial charge in [-0.1, -0.05) is 6.92 Å². The van der Waals surface area contributed by atoms with E-state index in [-0.39, 0.29) is 18.6 Å². The van der Waals surface area contributed by atoms with Gasteiger partial charge in [-0.3, -0.25) is 14.4 Å². The zero-order valence-electron chi connectivity index (χ0n) is 14.0. The normalized spacial score (nSPS) is 17.7. The van der Waals surface area contributed by atoms with Gasteiger partial charge in [0.2, 0.25) is 5.91 Å². The second-order valence-corrected chi connectivity index (χ2v) is 6.07. The second kappa shape index (κ2) is 7.74. The van der Waals surface area contributed by atoms with Crippen molar-refractivity contribution in [3.63, 3.8) is 0 Å². The molecule has 1 unspecified atom stereocenters. The number of aliphatic hydroxyl groups excluding tert-OH is 1.